The van der Waals surface area contributed by atoms with Crippen molar-refractivity contribution in [3.8, 4) is 0 Å². The fraction of sp³-hybridized carbons (Fsp3) is 0.435. The average Bonchev–Trinajstić information content (AvgIpc) is 2.80. The number of pyridine rings is 1. The summed E-state index contributed by atoms with van der Waals surface area (Å²) in [6, 6.07) is 12.2. The Kier molecular flexibility index (Phi) is 6.18. The van der Waals surface area contributed by atoms with Crippen molar-refractivity contribution < 1.29 is 14.0 Å². The Labute approximate surface area is 181 Å². The van der Waals surface area contributed by atoms with Crippen LogP contribution in [0.15, 0.2) is 48.7 Å². The number of para-hydroxylation sites is 1. The number of halogens is 1. The highest BCUT2D eigenvalue weighted by atomic mass is 19.1. The van der Waals surface area contributed by atoms with E-state index in [1.54, 1.807) is 18.3 Å². The number of carbonyl (C=O) groups is 2. The normalized spacial score (nSPS) is 22.4. The Bertz CT molecular complexity index is 933. The number of likely N-dealkylation sites (tertiary alicyclic amines) is 1. The summed E-state index contributed by atoms with van der Waals surface area (Å²) in [6.07, 6.45) is 3.07. The van der Waals surface area contributed by atoms with Gasteiger partial charge in [-0.25, -0.2) is 4.39 Å². The molecule has 1 atom stereocenters. The standard InChI is InChI=1S/C23H28FN5O2/c24-18-6-1-2-7-19(18)28-12-14-29(15-13-28)21(30)16-27-11-5-9-23(17-27,22(25)31)20-8-3-4-10-26-20/h1-4,6-8,10H,5,9,11-17H2,(H2,25,31). The van der Waals surface area contributed by atoms with Gasteiger partial charge in [-0.05, 0) is 43.7 Å². The molecule has 1 aromatic carbocycles. The van der Waals surface area contributed by atoms with Gasteiger partial charge in [0, 0.05) is 38.9 Å². The molecule has 8 heteroatoms. The zero-order valence-electron chi connectivity index (χ0n) is 17.5. The van der Waals surface area contributed by atoms with E-state index in [0.29, 0.717) is 50.5 Å². The zero-order chi connectivity index (χ0) is 21.8. The fourth-order valence-electron chi connectivity index (χ4n) is 4.66. The number of aromatic nitrogens is 1. The third-order valence-electron chi connectivity index (χ3n) is 6.38. The van der Waals surface area contributed by atoms with Gasteiger partial charge in [-0.2, -0.15) is 0 Å². The van der Waals surface area contributed by atoms with Crippen molar-refractivity contribution in [2.45, 2.75) is 18.3 Å². The van der Waals surface area contributed by atoms with Crippen LogP contribution in [0, 0.1) is 5.82 Å². The first kappa shape index (κ1) is 21.2. The quantitative estimate of drug-likeness (QED) is 0.783. The molecule has 7 nitrogen and oxygen atoms in total. The predicted octanol–water partition coefficient (Wildman–Crippen LogP) is 1.39. The smallest absolute Gasteiger partial charge is 0.236 e. The second kappa shape index (κ2) is 9.01. The second-order valence-electron chi connectivity index (χ2n) is 8.29. The topological polar surface area (TPSA) is 82.8 Å². The molecular weight excluding hydrogens is 397 g/mol. The van der Waals surface area contributed by atoms with E-state index < -0.39 is 11.3 Å². The number of anilines is 1. The van der Waals surface area contributed by atoms with E-state index in [-0.39, 0.29) is 18.3 Å². The number of piperidine rings is 1. The summed E-state index contributed by atoms with van der Waals surface area (Å²) in [5.41, 5.74) is 6.19. The number of carbonyl (C=O) groups excluding carboxylic acids is 2. The van der Waals surface area contributed by atoms with E-state index in [0.717, 1.165) is 13.0 Å². The summed E-state index contributed by atoms with van der Waals surface area (Å²) in [4.78, 5) is 35.6. The molecule has 2 saturated heterocycles. The monoisotopic (exact) mass is 425 g/mol. The minimum Gasteiger partial charge on any atom is -0.369 e. The molecule has 1 unspecified atom stereocenters. The number of piperazine rings is 1. The largest absolute Gasteiger partial charge is 0.369 e. The molecule has 2 aliphatic heterocycles. The van der Waals surface area contributed by atoms with Gasteiger partial charge in [0.25, 0.3) is 0 Å². The second-order valence-corrected chi connectivity index (χ2v) is 8.29. The molecule has 2 N–H and O–H groups in total. The van der Waals surface area contributed by atoms with Crippen molar-refractivity contribution >= 4 is 17.5 Å². The minimum atomic E-state index is -0.872. The van der Waals surface area contributed by atoms with Crippen LogP contribution in [0.4, 0.5) is 10.1 Å². The van der Waals surface area contributed by atoms with Crippen molar-refractivity contribution in [3.05, 3.63) is 60.2 Å². The lowest BCUT2D eigenvalue weighted by Gasteiger charge is -2.41. The van der Waals surface area contributed by atoms with Gasteiger partial charge in [-0.1, -0.05) is 18.2 Å². The summed E-state index contributed by atoms with van der Waals surface area (Å²) < 4.78 is 14.0. The van der Waals surface area contributed by atoms with Gasteiger partial charge in [-0.3, -0.25) is 19.5 Å². The van der Waals surface area contributed by atoms with Crippen LogP contribution >= 0.6 is 0 Å². The highest BCUT2D eigenvalue weighted by molar-refractivity contribution is 5.87. The third kappa shape index (κ3) is 4.39. The number of nitrogens with zero attached hydrogens (tertiary/aromatic N) is 4. The molecule has 0 bridgehead atoms. The first-order chi connectivity index (χ1) is 15.0. The van der Waals surface area contributed by atoms with Crippen LogP contribution in [0.25, 0.3) is 0 Å². The zero-order valence-corrected chi connectivity index (χ0v) is 17.5. The van der Waals surface area contributed by atoms with Crippen molar-refractivity contribution in [3.63, 3.8) is 0 Å². The number of hydrogen-bond acceptors (Lipinski definition) is 5. The van der Waals surface area contributed by atoms with Crippen LogP contribution in [0.2, 0.25) is 0 Å². The van der Waals surface area contributed by atoms with Crippen LogP contribution in [-0.2, 0) is 15.0 Å². The van der Waals surface area contributed by atoms with Crippen LogP contribution < -0.4 is 10.6 Å². The van der Waals surface area contributed by atoms with Crippen LogP contribution in [0.1, 0.15) is 18.5 Å². The number of primary amides is 1. The molecule has 0 radical (unpaired) electrons. The molecule has 1 aromatic heterocycles. The van der Waals surface area contributed by atoms with Crippen LogP contribution in [0.3, 0.4) is 0 Å². The van der Waals surface area contributed by atoms with Crippen LogP contribution in [-0.4, -0.2) is 72.4 Å². The van der Waals surface area contributed by atoms with Crippen LogP contribution in [0.5, 0.6) is 0 Å². The van der Waals surface area contributed by atoms with Gasteiger partial charge in [0.05, 0.1) is 17.9 Å². The highest BCUT2D eigenvalue weighted by Gasteiger charge is 2.44. The molecular formula is C23H28FN5O2. The predicted molar refractivity (Wildman–Crippen MR) is 116 cm³/mol. The maximum Gasteiger partial charge on any atom is 0.236 e. The number of amides is 2. The van der Waals surface area contributed by atoms with E-state index >= 15 is 0 Å². The molecule has 2 aliphatic rings. The lowest BCUT2D eigenvalue weighted by molar-refractivity contribution is -0.135. The molecule has 0 saturated carbocycles. The van der Waals surface area contributed by atoms with Crippen molar-refractivity contribution in [1.29, 1.82) is 0 Å². The molecule has 2 fully saturated rings. The minimum absolute atomic E-state index is 0.0227. The van der Waals surface area contributed by atoms with Gasteiger partial charge in [0.2, 0.25) is 11.8 Å². The van der Waals surface area contributed by atoms with E-state index in [9.17, 15) is 14.0 Å². The molecule has 0 aliphatic carbocycles. The van der Waals surface area contributed by atoms with Crippen molar-refractivity contribution in [2.24, 2.45) is 5.73 Å². The molecule has 2 aromatic rings. The third-order valence-corrected chi connectivity index (χ3v) is 6.38. The van der Waals surface area contributed by atoms with Gasteiger partial charge in [0.15, 0.2) is 0 Å². The summed E-state index contributed by atoms with van der Waals surface area (Å²) in [6.45, 7) is 3.63. The lowest BCUT2D eigenvalue weighted by Crippen LogP contribution is -2.57. The summed E-state index contributed by atoms with van der Waals surface area (Å²) in [7, 11) is 0. The Morgan fingerprint density at radius 1 is 1.03 bits per heavy atom. The molecule has 164 valence electrons. The molecule has 31 heavy (non-hydrogen) atoms. The lowest BCUT2D eigenvalue weighted by atomic mass is 9.76. The first-order valence-corrected chi connectivity index (χ1v) is 10.7. The van der Waals surface area contributed by atoms with Gasteiger partial charge in [0.1, 0.15) is 11.2 Å². The highest BCUT2D eigenvalue weighted by Crippen LogP contribution is 2.33. The molecule has 0 spiro atoms. The molecule has 2 amide bonds. The number of hydrogen-bond donors (Lipinski definition) is 1. The maximum atomic E-state index is 14.0. The fourth-order valence-corrected chi connectivity index (χ4v) is 4.66. The first-order valence-electron chi connectivity index (χ1n) is 10.7. The van der Waals surface area contributed by atoms with E-state index in [2.05, 4.69) is 4.98 Å². The van der Waals surface area contributed by atoms with Crippen molar-refractivity contribution in [2.75, 3.05) is 50.7 Å². The Morgan fingerprint density at radius 3 is 2.45 bits per heavy atom. The average molecular weight is 426 g/mol. The molecule has 3 heterocycles. The van der Waals surface area contributed by atoms with E-state index in [1.165, 1.54) is 6.07 Å². The summed E-state index contributed by atoms with van der Waals surface area (Å²) in [5, 5.41) is 0. The van der Waals surface area contributed by atoms with Crippen molar-refractivity contribution in [1.82, 2.24) is 14.8 Å². The molecule has 4 rings (SSSR count). The maximum absolute atomic E-state index is 14.0. The summed E-state index contributed by atoms with van der Waals surface area (Å²) >= 11 is 0. The number of benzene rings is 1. The SMILES string of the molecule is NC(=O)C1(c2ccccn2)CCCN(CC(=O)N2CCN(c3ccccc3F)CC2)C1. The van der Waals surface area contributed by atoms with Gasteiger partial charge >= 0.3 is 0 Å². The van der Waals surface area contributed by atoms with Gasteiger partial charge in [-0.15, -0.1) is 0 Å². The number of nitrogens with two attached hydrogens (primary N) is 1. The van der Waals surface area contributed by atoms with E-state index in [1.807, 2.05) is 39.0 Å². The number of rotatable bonds is 5. The Balaban J connectivity index is 1.38. The Hall–Kier alpha value is -3.00. The Morgan fingerprint density at radius 2 is 1.77 bits per heavy atom. The summed E-state index contributed by atoms with van der Waals surface area (Å²) in [5.74, 6) is -0.621. The van der Waals surface area contributed by atoms with E-state index in [4.69, 9.17) is 5.73 Å². The van der Waals surface area contributed by atoms with Gasteiger partial charge < -0.3 is 15.5 Å².